The van der Waals surface area contributed by atoms with E-state index in [1.165, 1.54) is 31.2 Å². The van der Waals surface area contributed by atoms with E-state index < -0.39 is 30.8 Å². The molecule has 0 radical (unpaired) electrons. The van der Waals surface area contributed by atoms with Gasteiger partial charge in [-0.25, -0.2) is 0 Å². The van der Waals surface area contributed by atoms with Crippen molar-refractivity contribution in [1.29, 1.82) is 0 Å². The fourth-order valence-corrected chi connectivity index (χ4v) is 5.82. The highest BCUT2D eigenvalue weighted by molar-refractivity contribution is 5.51. The Bertz CT molecular complexity index is 952. The van der Waals surface area contributed by atoms with Crippen molar-refractivity contribution < 1.29 is 20.1 Å². The van der Waals surface area contributed by atoms with Crippen LogP contribution in [0.3, 0.4) is 0 Å². The first-order chi connectivity index (χ1) is 18.3. The van der Waals surface area contributed by atoms with Crippen LogP contribution in [0.4, 0.5) is 0 Å². The molecule has 4 heteroatoms. The van der Waals surface area contributed by atoms with Gasteiger partial charge in [0.05, 0.1) is 25.2 Å². The smallest absolute Gasteiger partial charge is 0.147 e. The van der Waals surface area contributed by atoms with Crippen LogP contribution >= 0.6 is 0 Å². The Labute approximate surface area is 238 Å². The van der Waals surface area contributed by atoms with Crippen LogP contribution in [-0.2, 0) is 16.4 Å². The zero-order valence-corrected chi connectivity index (χ0v) is 26.1. The van der Waals surface area contributed by atoms with Gasteiger partial charge in [-0.15, -0.1) is 0 Å². The van der Waals surface area contributed by atoms with Gasteiger partial charge < -0.3 is 20.1 Å². The summed E-state index contributed by atoms with van der Waals surface area (Å²) in [5.74, 6) is 0.667. The van der Waals surface area contributed by atoms with Crippen molar-refractivity contribution in [3.8, 4) is 5.75 Å². The molecule has 0 fully saturated rings. The first-order valence-electron chi connectivity index (χ1n) is 15.0. The van der Waals surface area contributed by atoms with Gasteiger partial charge in [-0.2, -0.15) is 0 Å². The maximum atomic E-state index is 11.0. The molecule has 0 heterocycles. The standard InChI is InChI=1S/C35H56O4/c1-9-10-11-12-13-14-18-21-35(34(24-36,25-37)26-38,39-28-19-16-15-17-20-28)31-29(32(3,4)5)22-27(2)23-30(31)33(6,7)8/h15-17,19-20,22-23,36-38H,9-14,18,21,24-26H2,1-8H3. The third-order valence-electron chi connectivity index (χ3n) is 8.23. The van der Waals surface area contributed by atoms with Crippen LogP contribution in [0.15, 0.2) is 42.5 Å². The number of hydrogen-bond donors (Lipinski definition) is 3. The summed E-state index contributed by atoms with van der Waals surface area (Å²) in [4.78, 5) is 0. The van der Waals surface area contributed by atoms with Crippen molar-refractivity contribution in [2.45, 2.75) is 123 Å². The molecule has 1 unspecified atom stereocenters. The van der Waals surface area contributed by atoms with E-state index in [2.05, 4.69) is 67.5 Å². The average Bonchev–Trinajstić information content (AvgIpc) is 2.88. The molecule has 0 bridgehead atoms. The summed E-state index contributed by atoms with van der Waals surface area (Å²) in [5, 5.41) is 33.0. The van der Waals surface area contributed by atoms with Crippen LogP contribution in [-0.4, -0.2) is 35.1 Å². The summed E-state index contributed by atoms with van der Waals surface area (Å²) in [6, 6.07) is 14.2. The molecule has 39 heavy (non-hydrogen) atoms. The third kappa shape index (κ3) is 7.86. The van der Waals surface area contributed by atoms with Crippen molar-refractivity contribution in [1.82, 2.24) is 0 Å². The highest BCUT2D eigenvalue weighted by Crippen LogP contribution is 2.53. The molecule has 3 N–H and O–H groups in total. The minimum Gasteiger partial charge on any atom is -0.482 e. The molecule has 0 spiro atoms. The zero-order chi connectivity index (χ0) is 29.3. The second-order valence-electron chi connectivity index (χ2n) is 13.6. The van der Waals surface area contributed by atoms with Gasteiger partial charge in [0, 0.05) is 5.56 Å². The van der Waals surface area contributed by atoms with E-state index in [0.717, 1.165) is 36.0 Å². The molecule has 0 saturated carbocycles. The van der Waals surface area contributed by atoms with Crippen LogP contribution in [0.25, 0.3) is 0 Å². The van der Waals surface area contributed by atoms with Crippen LogP contribution < -0.4 is 4.74 Å². The van der Waals surface area contributed by atoms with Crippen LogP contribution in [0, 0.1) is 12.3 Å². The maximum absolute atomic E-state index is 11.0. The van der Waals surface area contributed by atoms with Gasteiger partial charge in [0.2, 0.25) is 0 Å². The summed E-state index contributed by atoms with van der Waals surface area (Å²) in [6.45, 7) is 16.4. The van der Waals surface area contributed by atoms with Crippen molar-refractivity contribution in [3.63, 3.8) is 0 Å². The summed E-state index contributed by atoms with van der Waals surface area (Å²) in [7, 11) is 0. The molecule has 0 aromatic heterocycles. The van der Waals surface area contributed by atoms with E-state index in [-0.39, 0.29) is 10.8 Å². The Balaban J connectivity index is 2.92. The number of ether oxygens (including phenoxy) is 1. The first-order valence-corrected chi connectivity index (χ1v) is 15.0. The van der Waals surface area contributed by atoms with Crippen LogP contribution in [0.1, 0.15) is 122 Å². The van der Waals surface area contributed by atoms with E-state index >= 15 is 0 Å². The lowest BCUT2D eigenvalue weighted by Gasteiger charge is -2.51. The number of para-hydroxylation sites is 1. The maximum Gasteiger partial charge on any atom is 0.147 e. The fraction of sp³-hybridized carbons (Fsp3) is 0.657. The summed E-state index contributed by atoms with van der Waals surface area (Å²) in [6.07, 6.45) is 8.54. The molecule has 0 aliphatic heterocycles. The largest absolute Gasteiger partial charge is 0.482 e. The van der Waals surface area contributed by atoms with Crippen molar-refractivity contribution in [3.05, 3.63) is 64.7 Å². The third-order valence-corrected chi connectivity index (χ3v) is 8.23. The van der Waals surface area contributed by atoms with Crippen molar-refractivity contribution >= 4 is 0 Å². The Hall–Kier alpha value is -1.88. The van der Waals surface area contributed by atoms with Gasteiger partial charge >= 0.3 is 0 Å². The molecule has 4 nitrogen and oxygen atoms in total. The van der Waals surface area contributed by atoms with E-state index in [4.69, 9.17) is 4.74 Å². The molecule has 2 aromatic carbocycles. The summed E-state index contributed by atoms with van der Waals surface area (Å²) in [5.41, 5.74) is 1.49. The summed E-state index contributed by atoms with van der Waals surface area (Å²) < 4.78 is 7.10. The number of rotatable bonds is 15. The first kappa shape index (κ1) is 33.3. The quantitative estimate of drug-likeness (QED) is 0.200. The molecular formula is C35H56O4. The fourth-order valence-electron chi connectivity index (χ4n) is 5.82. The molecule has 0 amide bonds. The van der Waals surface area contributed by atoms with Gasteiger partial charge in [0.15, 0.2) is 0 Å². The highest BCUT2D eigenvalue weighted by atomic mass is 16.5. The number of aliphatic hydroxyl groups excluding tert-OH is 3. The SMILES string of the molecule is CCCCCCCCCC(Oc1ccccc1)(c1c(C(C)(C)C)cc(C)cc1C(C)(C)C)C(CO)(CO)CO. The Morgan fingerprint density at radius 3 is 1.56 bits per heavy atom. The van der Waals surface area contributed by atoms with E-state index in [9.17, 15) is 15.3 Å². The van der Waals surface area contributed by atoms with Gasteiger partial charge in [-0.3, -0.25) is 0 Å². The number of aliphatic hydroxyl groups is 3. The van der Waals surface area contributed by atoms with Crippen molar-refractivity contribution in [2.75, 3.05) is 19.8 Å². The molecule has 0 saturated heterocycles. The van der Waals surface area contributed by atoms with E-state index in [1.54, 1.807) is 0 Å². The number of benzene rings is 2. The Morgan fingerprint density at radius 2 is 1.13 bits per heavy atom. The number of aryl methyl sites for hydroxylation is 1. The van der Waals surface area contributed by atoms with Gasteiger partial charge in [-0.1, -0.05) is 123 Å². The van der Waals surface area contributed by atoms with Gasteiger partial charge in [-0.05, 0) is 53.9 Å². The molecular weight excluding hydrogens is 484 g/mol. The molecule has 1 atom stereocenters. The normalized spacial score (nSPS) is 14.3. The van der Waals surface area contributed by atoms with Gasteiger partial charge in [0.25, 0.3) is 0 Å². The molecule has 220 valence electrons. The van der Waals surface area contributed by atoms with Crippen LogP contribution in [0.5, 0.6) is 5.75 Å². The highest BCUT2D eigenvalue weighted by Gasteiger charge is 2.56. The lowest BCUT2D eigenvalue weighted by Crippen LogP contribution is -2.58. The molecule has 2 rings (SSSR count). The number of hydrogen-bond acceptors (Lipinski definition) is 4. The summed E-state index contributed by atoms with van der Waals surface area (Å²) >= 11 is 0. The minimum absolute atomic E-state index is 0.237. The second-order valence-corrected chi connectivity index (χ2v) is 13.6. The molecule has 0 aliphatic rings. The Kier molecular flexibility index (Phi) is 12.1. The molecule has 0 aliphatic carbocycles. The van der Waals surface area contributed by atoms with E-state index in [1.807, 2.05) is 30.3 Å². The van der Waals surface area contributed by atoms with Crippen LogP contribution in [0.2, 0.25) is 0 Å². The Morgan fingerprint density at radius 1 is 0.667 bits per heavy atom. The zero-order valence-electron chi connectivity index (χ0n) is 26.1. The van der Waals surface area contributed by atoms with Crippen molar-refractivity contribution in [2.24, 2.45) is 5.41 Å². The predicted octanol–water partition coefficient (Wildman–Crippen LogP) is 7.97. The minimum atomic E-state index is -1.31. The monoisotopic (exact) mass is 540 g/mol. The van der Waals surface area contributed by atoms with Gasteiger partial charge in [0.1, 0.15) is 11.4 Å². The number of unbranched alkanes of at least 4 members (excludes halogenated alkanes) is 6. The molecule has 2 aromatic rings. The topological polar surface area (TPSA) is 69.9 Å². The lowest BCUT2D eigenvalue weighted by atomic mass is 9.60. The average molecular weight is 541 g/mol. The van der Waals surface area contributed by atoms with E-state index in [0.29, 0.717) is 12.2 Å². The lowest BCUT2D eigenvalue weighted by molar-refractivity contribution is -0.150. The second kappa shape index (κ2) is 14.1. The predicted molar refractivity (Wildman–Crippen MR) is 164 cm³/mol.